The summed E-state index contributed by atoms with van der Waals surface area (Å²) in [6.07, 6.45) is 9.59. The zero-order valence-electron chi connectivity index (χ0n) is 29.6. The van der Waals surface area contributed by atoms with Gasteiger partial charge in [-0.2, -0.15) is 0 Å². The molecule has 11 nitrogen and oxygen atoms in total. The van der Waals surface area contributed by atoms with Gasteiger partial charge >= 0.3 is 5.97 Å². The molecule has 4 N–H and O–H groups in total. The van der Waals surface area contributed by atoms with Gasteiger partial charge in [0.15, 0.2) is 0 Å². The number of hydrogen-bond donors (Lipinski definition) is 4. The van der Waals surface area contributed by atoms with E-state index in [4.69, 9.17) is 32.9 Å². The molecule has 13 heteroatoms. The Morgan fingerprint density at radius 2 is 1.85 bits per heavy atom. The van der Waals surface area contributed by atoms with Crippen LogP contribution in [0.3, 0.4) is 0 Å². The monoisotopic (exact) mass is 711 g/mol. The number of rotatable bonds is 22. The fourth-order valence-electron chi connectivity index (χ4n) is 6.01. The number of piperidine rings is 1. The van der Waals surface area contributed by atoms with Crippen LogP contribution in [0.5, 0.6) is 0 Å². The van der Waals surface area contributed by atoms with E-state index in [2.05, 4.69) is 44.2 Å². The first-order valence-corrected chi connectivity index (χ1v) is 18.1. The van der Waals surface area contributed by atoms with E-state index in [1.165, 1.54) is 0 Å². The zero-order valence-corrected chi connectivity index (χ0v) is 31.2. The van der Waals surface area contributed by atoms with Gasteiger partial charge in [-0.15, -0.1) is 11.6 Å². The molecule has 1 aliphatic heterocycles. The van der Waals surface area contributed by atoms with Gasteiger partial charge in [-0.05, 0) is 71.9 Å². The maximum atomic E-state index is 11.4. The highest BCUT2D eigenvalue weighted by atomic mass is 35.5. The molecule has 1 saturated heterocycles. The molecule has 1 saturated carbocycles. The van der Waals surface area contributed by atoms with E-state index in [0.717, 1.165) is 70.8 Å². The van der Waals surface area contributed by atoms with Crippen molar-refractivity contribution < 1.29 is 19.4 Å². The maximum Gasteiger partial charge on any atom is 0.306 e. The minimum absolute atomic E-state index is 0.0246. The predicted octanol–water partition coefficient (Wildman–Crippen LogP) is 4.49. The topological polar surface area (TPSA) is 131 Å². The van der Waals surface area contributed by atoms with E-state index in [1.54, 1.807) is 20.3 Å². The molecule has 48 heavy (non-hydrogen) atoms. The fourth-order valence-corrected chi connectivity index (χ4v) is 6.40. The number of aliphatic imine (C=N–C) groups is 2. The van der Waals surface area contributed by atoms with Crippen LogP contribution in [0.2, 0.25) is 0 Å². The Bertz CT molecular complexity index is 1130. The number of carbonyl (C=O) groups is 2. The van der Waals surface area contributed by atoms with Gasteiger partial charge in [0.25, 0.3) is 0 Å². The van der Waals surface area contributed by atoms with Crippen LogP contribution >= 0.6 is 23.2 Å². The summed E-state index contributed by atoms with van der Waals surface area (Å²) < 4.78 is 6.41. The molecule has 1 amide bonds. The largest absolute Gasteiger partial charge is 0.481 e. The number of carboxylic acid groups (broad SMARTS) is 1. The number of hydrogen-bond acceptors (Lipinski definition) is 8. The van der Waals surface area contributed by atoms with Crippen LogP contribution in [-0.2, 0) is 14.3 Å². The van der Waals surface area contributed by atoms with E-state index in [-0.39, 0.29) is 29.9 Å². The van der Waals surface area contributed by atoms with Gasteiger partial charge in [0, 0.05) is 94.4 Å². The van der Waals surface area contributed by atoms with Crippen molar-refractivity contribution in [3.05, 3.63) is 35.0 Å². The normalized spacial score (nSPS) is 21.2. The second-order valence-corrected chi connectivity index (χ2v) is 14.1. The van der Waals surface area contributed by atoms with Crippen LogP contribution in [0.15, 0.2) is 45.0 Å². The van der Waals surface area contributed by atoms with Crippen molar-refractivity contribution in [2.45, 2.75) is 71.9 Å². The Balaban J connectivity index is 2.01. The summed E-state index contributed by atoms with van der Waals surface area (Å²) in [5, 5.41) is 19.6. The molecular formula is C35H59Cl2N7O4. The van der Waals surface area contributed by atoms with Crippen molar-refractivity contribution in [3.8, 4) is 0 Å². The van der Waals surface area contributed by atoms with Crippen LogP contribution in [0.1, 0.15) is 59.8 Å². The molecule has 0 aromatic heterocycles. The summed E-state index contributed by atoms with van der Waals surface area (Å²) in [5.41, 5.74) is 1.78. The molecule has 0 spiro atoms. The molecule has 2 unspecified atom stereocenters. The summed E-state index contributed by atoms with van der Waals surface area (Å²) >= 11 is 12.3. The van der Waals surface area contributed by atoms with Gasteiger partial charge in [0.1, 0.15) is 6.10 Å². The molecular weight excluding hydrogens is 653 g/mol. The molecule has 2 aliphatic rings. The summed E-state index contributed by atoms with van der Waals surface area (Å²) in [4.78, 5) is 36.2. The van der Waals surface area contributed by atoms with Gasteiger partial charge in [-0.3, -0.25) is 24.4 Å². The van der Waals surface area contributed by atoms with Crippen LogP contribution in [0.25, 0.3) is 0 Å². The molecule has 0 radical (unpaired) electrons. The molecule has 2 atom stereocenters. The van der Waals surface area contributed by atoms with Crippen molar-refractivity contribution in [2.75, 3.05) is 71.8 Å². The van der Waals surface area contributed by atoms with E-state index in [0.29, 0.717) is 54.2 Å². The van der Waals surface area contributed by atoms with Crippen LogP contribution < -0.4 is 16.0 Å². The Morgan fingerprint density at radius 3 is 2.46 bits per heavy atom. The second kappa shape index (κ2) is 23.1. The van der Waals surface area contributed by atoms with Gasteiger partial charge in [-0.25, -0.2) is 4.99 Å². The molecule has 272 valence electrons. The Hall–Kier alpha value is -2.44. The average molecular weight is 713 g/mol. The quantitative estimate of drug-likeness (QED) is 0.0560. The second-order valence-electron chi connectivity index (χ2n) is 13.1. The predicted molar refractivity (Wildman–Crippen MR) is 198 cm³/mol. The first kappa shape index (κ1) is 41.7. The lowest BCUT2D eigenvalue weighted by Crippen LogP contribution is -2.51. The highest BCUT2D eigenvalue weighted by Gasteiger charge is 2.37. The lowest BCUT2D eigenvalue weighted by Gasteiger charge is -2.41. The van der Waals surface area contributed by atoms with Crippen molar-refractivity contribution in [1.82, 2.24) is 25.8 Å². The van der Waals surface area contributed by atoms with Crippen LogP contribution in [0.4, 0.5) is 0 Å². The minimum Gasteiger partial charge on any atom is -0.481 e. The van der Waals surface area contributed by atoms with Crippen molar-refractivity contribution in [3.63, 3.8) is 0 Å². The van der Waals surface area contributed by atoms with E-state index >= 15 is 0 Å². The van der Waals surface area contributed by atoms with Gasteiger partial charge in [0.2, 0.25) is 11.8 Å². The van der Waals surface area contributed by atoms with E-state index in [9.17, 15) is 14.7 Å². The molecule has 2 rings (SSSR count). The number of amides is 1. The highest BCUT2D eigenvalue weighted by molar-refractivity contribution is 6.29. The number of carbonyl (C=O) groups excluding carboxylic acids is 1. The molecule has 1 heterocycles. The third-order valence-electron chi connectivity index (χ3n) is 8.79. The Labute approximate surface area is 298 Å². The number of alkyl halides is 1. The smallest absolute Gasteiger partial charge is 0.306 e. The number of ether oxygens (including phenoxy) is 1. The van der Waals surface area contributed by atoms with Crippen molar-refractivity contribution in [2.24, 2.45) is 27.7 Å². The SMILES string of the molecule is C=C(N=C(/C=C(\C)CN1CCC(CNC(C)=O)CC1)OC(C)CNCCN(CCNC=NC)C1CC(C(=O)O)C1)C(/C=C(\C)Cl)CCCl. The molecule has 0 bridgehead atoms. The standard InChI is InChI=1S/C35H59Cl2N7O4/c1-25(23-43-13-8-30(9-14-43)22-41-29(5)45)17-34(42-28(4)31(7-10-36)18-26(2)37)48-27(3)21-39-11-15-44(16-12-40-24-38-6)33-19-32(20-33)35(46)47/h17-18,24,27,30-33,39H,4,7-16,19-23H2,1-3,5-6H3,(H,38,40)(H,41,45)(H,46,47)/b25-17+,26-18+,42-34?. The number of nitrogens with one attached hydrogen (secondary N) is 3. The van der Waals surface area contributed by atoms with Crippen LogP contribution in [-0.4, -0.2) is 123 Å². The van der Waals surface area contributed by atoms with E-state index in [1.807, 2.05) is 26.0 Å². The summed E-state index contributed by atoms with van der Waals surface area (Å²) in [6.45, 7) is 19.0. The Morgan fingerprint density at radius 1 is 1.17 bits per heavy atom. The summed E-state index contributed by atoms with van der Waals surface area (Å²) in [6, 6.07) is 0.273. The molecule has 0 aromatic carbocycles. The molecule has 0 aromatic rings. The summed E-state index contributed by atoms with van der Waals surface area (Å²) in [5.74, 6) is 0.451. The van der Waals surface area contributed by atoms with Gasteiger partial charge in [0.05, 0.1) is 12.3 Å². The first-order chi connectivity index (χ1) is 22.9. The number of allylic oxidation sites excluding steroid dienone is 2. The summed E-state index contributed by atoms with van der Waals surface area (Å²) in [7, 11) is 1.72. The van der Waals surface area contributed by atoms with Crippen molar-refractivity contribution >= 4 is 47.3 Å². The zero-order chi connectivity index (χ0) is 35.5. The van der Waals surface area contributed by atoms with Gasteiger partial charge in [-0.1, -0.05) is 29.8 Å². The third-order valence-corrected chi connectivity index (χ3v) is 9.14. The fraction of sp³-hybridized carbons (Fsp3) is 0.714. The highest BCUT2D eigenvalue weighted by Crippen LogP contribution is 2.31. The lowest BCUT2D eigenvalue weighted by molar-refractivity contribution is -0.147. The maximum absolute atomic E-state index is 11.4. The van der Waals surface area contributed by atoms with E-state index < -0.39 is 5.97 Å². The first-order valence-electron chi connectivity index (χ1n) is 17.2. The number of nitrogens with zero attached hydrogens (tertiary/aromatic N) is 4. The number of likely N-dealkylation sites (tertiary alicyclic amines) is 1. The lowest BCUT2D eigenvalue weighted by atomic mass is 9.79. The minimum atomic E-state index is -0.706. The molecule has 2 fully saturated rings. The van der Waals surface area contributed by atoms with Gasteiger partial charge < -0.3 is 25.8 Å². The average Bonchev–Trinajstić information content (AvgIpc) is 2.99. The number of carboxylic acids is 1. The molecule has 1 aliphatic carbocycles. The van der Waals surface area contributed by atoms with Crippen LogP contribution in [0, 0.1) is 17.8 Å². The number of aliphatic carboxylic acids is 1. The third kappa shape index (κ3) is 16.8. The van der Waals surface area contributed by atoms with Crippen molar-refractivity contribution in [1.29, 1.82) is 0 Å². The Kier molecular flexibility index (Phi) is 20.0. The number of halogens is 2.